The fraction of sp³-hybridized carbons (Fsp3) is 0.596. The zero-order valence-corrected chi connectivity index (χ0v) is 36.7. The first kappa shape index (κ1) is 47.2. The number of halogens is 1. The summed E-state index contributed by atoms with van der Waals surface area (Å²) in [5, 5.41) is 20.1. The Morgan fingerprint density at radius 3 is 2.10 bits per heavy atom. The minimum Gasteiger partial charge on any atom is -0.493 e. The van der Waals surface area contributed by atoms with Crippen LogP contribution in [0, 0.1) is 23.1 Å². The predicted octanol–water partition coefficient (Wildman–Crippen LogP) is 13.4. The Hall–Kier alpha value is -3.48. The quantitative estimate of drug-likeness (QED) is 0.0480. The van der Waals surface area contributed by atoms with Crippen molar-refractivity contribution in [3.8, 4) is 28.0 Å². The lowest BCUT2D eigenvalue weighted by Crippen LogP contribution is -2.31. The molecule has 1 aliphatic rings. The first-order chi connectivity index (χ1) is 28.1. The number of carbonyl (C=O) groups is 1. The topological polar surface area (TPSA) is 76.0 Å². The highest BCUT2D eigenvalue weighted by atomic mass is 19.1. The number of benzene rings is 3. The van der Waals surface area contributed by atoms with Gasteiger partial charge in [0.15, 0.2) is 0 Å². The van der Waals surface area contributed by atoms with Crippen molar-refractivity contribution in [2.75, 3.05) is 26.4 Å². The molecule has 0 heterocycles. The second-order valence-corrected chi connectivity index (χ2v) is 17.3. The van der Waals surface area contributed by atoms with Crippen molar-refractivity contribution in [1.29, 1.82) is 0 Å². The van der Waals surface area contributed by atoms with Crippen LogP contribution in [0.1, 0.15) is 160 Å². The number of hydrogen-bond donors (Lipinski definition) is 2. The summed E-state index contributed by atoms with van der Waals surface area (Å²) in [5.41, 5.74) is 6.48. The molecule has 0 saturated heterocycles. The minimum atomic E-state index is -0.590. The average Bonchev–Trinajstić information content (AvgIpc) is 3.24. The van der Waals surface area contributed by atoms with Gasteiger partial charge >= 0.3 is 5.97 Å². The van der Waals surface area contributed by atoms with E-state index in [1.54, 1.807) is 13.0 Å². The molecule has 5 nitrogen and oxygen atoms in total. The zero-order valence-electron chi connectivity index (χ0n) is 36.7. The van der Waals surface area contributed by atoms with Gasteiger partial charge in [-0.05, 0) is 121 Å². The molecule has 1 saturated carbocycles. The van der Waals surface area contributed by atoms with Crippen molar-refractivity contribution in [3.05, 3.63) is 89.3 Å². The SMILES string of the molecule is C=C(C)C(=O)OCCc1cc(-c2ccc(-c3ccc(C4CCC(C(CCC)CCCCCCCC)CC4)cc3F)cc2CC)ccc1OCCC(CO)(CO)CCC. The van der Waals surface area contributed by atoms with E-state index >= 15 is 4.39 Å². The van der Waals surface area contributed by atoms with Crippen LogP contribution < -0.4 is 4.74 Å². The Kier molecular flexibility index (Phi) is 20.0. The normalized spacial score (nSPS) is 16.3. The molecule has 1 unspecified atom stereocenters. The number of aliphatic hydroxyl groups excluding tert-OH is 2. The smallest absolute Gasteiger partial charge is 0.333 e. The summed E-state index contributed by atoms with van der Waals surface area (Å²) in [6.07, 6.45) is 20.3. The third-order valence-corrected chi connectivity index (χ3v) is 13.0. The Labute approximate surface area is 350 Å². The highest BCUT2D eigenvalue weighted by Crippen LogP contribution is 2.43. The van der Waals surface area contributed by atoms with Gasteiger partial charge in [-0.25, -0.2) is 9.18 Å². The fourth-order valence-corrected chi connectivity index (χ4v) is 9.31. The number of esters is 1. The van der Waals surface area contributed by atoms with Gasteiger partial charge in [0.2, 0.25) is 0 Å². The summed E-state index contributed by atoms with van der Waals surface area (Å²) in [4.78, 5) is 12.2. The first-order valence-corrected chi connectivity index (χ1v) is 22.9. The Balaban J connectivity index is 1.47. The maximum absolute atomic E-state index is 16.0. The highest BCUT2D eigenvalue weighted by Gasteiger charge is 2.29. The number of carbonyl (C=O) groups excluding carboxylic acids is 1. The standard InChI is InChI=1S/C52H75FO5/c1-7-11-12-13-14-15-17-40(16-8-2)41-18-20-42(21-19-41)43-22-26-48(49(53)35-43)45-23-25-47(39(10-4)33-45)44-24-27-50(46(34-44)28-31-58-51(56)38(5)6)57-32-30-52(36-54,37-55)29-9-3/h22-27,33-35,40-42,54-55H,5,7-21,28-32,36-37H2,1-4,6H3. The van der Waals surface area contributed by atoms with Gasteiger partial charge < -0.3 is 19.7 Å². The fourth-order valence-electron chi connectivity index (χ4n) is 9.31. The molecule has 4 rings (SSSR count). The van der Waals surface area contributed by atoms with Gasteiger partial charge in [-0.3, -0.25) is 0 Å². The number of unbranched alkanes of at least 4 members (excludes halogenated alkanes) is 5. The molecule has 6 heteroatoms. The summed E-state index contributed by atoms with van der Waals surface area (Å²) in [5.74, 6) is 2.18. The van der Waals surface area contributed by atoms with Gasteiger partial charge in [0.25, 0.3) is 0 Å². The van der Waals surface area contributed by atoms with Crippen molar-refractivity contribution in [2.24, 2.45) is 17.3 Å². The lowest BCUT2D eigenvalue weighted by Gasteiger charge is -2.34. The molecule has 0 bridgehead atoms. The van der Waals surface area contributed by atoms with E-state index in [-0.39, 0.29) is 25.6 Å². The van der Waals surface area contributed by atoms with Crippen molar-refractivity contribution in [3.63, 3.8) is 0 Å². The second kappa shape index (κ2) is 24.6. The molecule has 1 atom stereocenters. The second-order valence-electron chi connectivity index (χ2n) is 17.3. The van der Waals surface area contributed by atoms with E-state index in [0.717, 1.165) is 70.9 Å². The van der Waals surface area contributed by atoms with E-state index < -0.39 is 11.4 Å². The van der Waals surface area contributed by atoms with Crippen molar-refractivity contribution in [2.45, 2.75) is 156 Å². The maximum atomic E-state index is 16.0. The lowest BCUT2D eigenvalue weighted by molar-refractivity contribution is -0.138. The van der Waals surface area contributed by atoms with Crippen LogP contribution in [-0.2, 0) is 22.4 Å². The number of aliphatic hydroxyl groups is 2. The van der Waals surface area contributed by atoms with Gasteiger partial charge in [-0.1, -0.05) is 135 Å². The predicted molar refractivity (Wildman–Crippen MR) is 239 cm³/mol. The summed E-state index contributed by atoms with van der Waals surface area (Å²) < 4.78 is 27.7. The molecule has 0 spiro atoms. The third-order valence-electron chi connectivity index (χ3n) is 13.0. The van der Waals surface area contributed by atoms with E-state index in [0.29, 0.717) is 48.7 Å². The number of ether oxygens (including phenoxy) is 2. The summed E-state index contributed by atoms with van der Waals surface area (Å²) in [7, 11) is 0. The van der Waals surface area contributed by atoms with Crippen LogP contribution in [0.5, 0.6) is 5.75 Å². The number of rotatable bonds is 26. The Morgan fingerprint density at radius 2 is 1.45 bits per heavy atom. The van der Waals surface area contributed by atoms with Crippen molar-refractivity contribution < 1.29 is 28.9 Å². The van der Waals surface area contributed by atoms with Crippen LogP contribution in [0.3, 0.4) is 0 Å². The molecule has 0 amide bonds. The van der Waals surface area contributed by atoms with E-state index in [2.05, 4.69) is 51.6 Å². The van der Waals surface area contributed by atoms with Crippen molar-refractivity contribution >= 4 is 5.97 Å². The van der Waals surface area contributed by atoms with Gasteiger partial charge in [0, 0.05) is 23.0 Å². The van der Waals surface area contributed by atoms with Crippen LogP contribution >= 0.6 is 0 Å². The van der Waals surface area contributed by atoms with Crippen LogP contribution in [-0.4, -0.2) is 42.6 Å². The van der Waals surface area contributed by atoms with Crippen molar-refractivity contribution in [1.82, 2.24) is 0 Å². The monoisotopic (exact) mass is 799 g/mol. The Morgan fingerprint density at radius 1 is 0.776 bits per heavy atom. The number of hydrogen-bond acceptors (Lipinski definition) is 5. The molecule has 0 aromatic heterocycles. The molecule has 1 aliphatic carbocycles. The van der Waals surface area contributed by atoms with E-state index in [1.807, 2.05) is 31.2 Å². The first-order valence-electron chi connectivity index (χ1n) is 22.9. The highest BCUT2D eigenvalue weighted by molar-refractivity contribution is 5.87. The van der Waals surface area contributed by atoms with Gasteiger partial charge in [0.05, 0.1) is 26.4 Å². The van der Waals surface area contributed by atoms with E-state index in [4.69, 9.17) is 9.47 Å². The zero-order chi connectivity index (χ0) is 41.9. The van der Waals surface area contributed by atoms with Crippen LogP contribution in [0.2, 0.25) is 0 Å². The van der Waals surface area contributed by atoms with E-state index in [1.165, 1.54) is 70.6 Å². The molecule has 3 aromatic rings. The summed E-state index contributed by atoms with van der Waals surface area (Å²) in [6.45, 7) is 14.4. The molecule has 3 aromatic carbocycles. The Bertz CT molecular complexity index is 1700. The molecular formula is C52H75FO5. The molecule has 58 heavy (non-hydrogen) atoms. The molecular weight excluding hydrogens is 724 g/mol. The summed E-state index contributed by atoms with van der Waals surface area (Å²) in [6, 6.07) is 18.2. The lowest BCUT2D eigenvalue weighted by atomic mass is 9.71. The maximum Gasteiger partial charge on any atom is 0.333 e. The molecule has 0 radical (unpaired) electrons. The molecule has 1 fully saturated rings. The molecule has 2 N–H and O–H groups in total. The van der Waals surface area contributed by atoms with Gasteiger partial charge in [-0.15, -0.1) is 0 Å². The van der Waals surface area contributed by atoms with Crippen LogP contribution in [0.15, 0.2) is 66.7 Å². The average molecular weight is 799 g/mol. The number of aryl methyl sites for hydroxylation is 1. The van der Waals surface area contributed by atoms with Crippen LogP contribution in [0.25, 0.3) is 22.3 Å². The molecule has 0 aliphatic heterocycles. The van der Waals surface area contributed by atoms with Crippen LogP contribution in [0.4, 0.5) is 4.39 Å². The summed E-state index contributed by atoms with van der Waals surface area (Å²) >= 11 is 0. The van der Waals surface area contributed by atoms with Gasteiger partial charge in [0.1, 0.15) is 11.6 Å². The van der Waals surface area contributed by atoms with Gasteiger partial charge in [-0.2, -0.15) is 0 Å². The third kappa shape index (κ3) is 13.5. The van der Waals surface area contributed by atoms with E-state index in [9.17, 15) is 15.0 Å². The molecule has 320 valence electrons. The largest absolute Gasteiger partial charge is 0.493 e. The minimum absolute atomic E-state index is 0.104.